The summed E-state index contributed by atoms with van der Waals surface area (Å²) in [5.74, 6) is -0.0651. The van der Waals surface area contributed by atoms with Gasteiger partial charge in [-0.1, -0.05) is 23.4 Å². The van der Waals surface area contributed by atoms with E-state index in [0.717, 1.165) is 0 Å². The standard InChI is InChI=1S/C22H22ClFN4O4S/c1-3-28-19(12-32-16-9-10-18(24)17(23)11-16)26-27-22(28)33-13-20(29)25-15-7-5-14(6-8-15)21(30)31-4-2/h5-11H,3-4,12-13H2,1-2H3,(H,25,29). The number of nitrogens with zero attached hydrogens (tertiary/aromatic N) is 3. The maximum absolute atomic E-state index is 13.3. The number of rotatable bonds is 10. The number of carbonyl (C=O) groups excluding carboxylic acids is 2. The molecule has 0 aliphatic heterocycles. The van der Waals surface area contributed by atoms with Gasteiger partial charge < -0.3 is 19.4 Å². The molecule has 1 heterocycles. The van der Waals surface area contributed by atoms with Crippen molar-refractivity contribution in [3.05, 3.63) is 64.7 Å². The fourth-order valence-electron chi connectivity index (χ4n) is 2.80. The summed E-state index contributed by atoms with van der Waals surface area (Å²) < 4.78 is 25.7. The minimum Gasteiger partial charge on any atom is -0.486 e. The van der Waals surface area contributed by atoms with Crippen molar-refractivity contribution in [2.24, 2.45) is 0 Å². The third kappa shape index (κ3) is 6.69. The lowest BCUT2D eigenvalue weighted by Gasteiger charge is -2.09. The number of aromatic nitrogens is 3. The molecule has 3 rings (SSSR count). The zero-order chi connectivity index (χ0) is 23.8. The number of nitrogens with one attached hydrogen (secondary N) is 1. The largest absolute Gasteiger partial charge is 0.486 e. The monoisotopic (exact) mass is 492 g/mol. The number of hydrogen-bond donors (Lipinski definition) is 1. The van der Waals surface area contributed by atoms with Crippen molar-refractivity contribution in [2.75, 3.05) is 17.7 Å². The molecule has 1 N–H and O–H groups in total. The second-order valence-electron chi connectivity index (χ2n) is 6.64. The highest BCUT2D eigenvalue weighted by Gasteiger charge is 2.14. The Bertz CT molecular complexity index is 1120. The van der Waals surface area contributed by atoms with Crippen LogP contribution in [0.4, 0.5) is 10.1 Å². The van der Waals surface area contributed by atoms with Crippen molar-refractivity contribution < 1.29 is 23.5 Å². The molecule has 11 heteroatoms. The van der Waals surface area contributed by atoms with Crippen molar-refractivity contribution in [2.45, 2.75) is 32.2 Å². The zero-order valence-electron chi connectivity index (χ0n) is 18.0. The molecule has 0 spiro atoms. The zero-order valence-corrected chi connectivity index (χ0v) is 19.6. The number of benzene rings is 2. The highest BCUT2D eigenvalue weighted by molar-refractivity contribution is 7.99. The minimum absolute atomic E-state index is 0.0257. The van der Waals surface area contributed by atoms with Gasteiger partial charge in [0.2, 0.25) is 5.91 Å². The molecular formula is C22H22ClFN4O4S. The van der Waals surface area contributed by atoms with Crippen molar-refractivity contribution in [1.82, 2.24) is 14.8 Å². The van der Waals surface area contributed by atoms with E-state index in [1.165, 1.54) is 30.0 Å². The van der Waals surface area contributed by atoms with Crippen molar-refractivity contribution in [1.29, 1.82) is 0 Å². The fraction of sp³-hybridized carbons (Fsp3) is 0.273. The van der Waals surface area contributed by atoms with Gasteiger partial charge in [0.25, 0.3) is 0 Å². The lowest BCUT2D eigenvalue weighted by atomic mass is 10.2. The number of hydrogen-bond acceptors (Lipinski definition) is 7. The van der Waals surface area contributed by atoms with Gasteiger partial charge in [-0.3, -0.25) is 4.79 Å². The molecule has 0 unspecified atom stereocenters. The van der Waals surface area contributed by atoms with Crippen LogP contribution in [-0.2, 0) is 22.7 Å². The molecule has 1 aromatic heterocycles. The molecule has 3 aromatic rings. The van der Waals surface area contributed by atoms with Gasteiger partial charge in [-0.25, -0.2) is 9.18 Å². The summed E-state index contributed by atoms with van der Waals surface area (Å²) in [5.41, 5.74) is 0.982. The quantitative estimate of drug-likeness (QED) is 0.327. The van der Waals surface area contributed by atoms with E-state index < -0.39 is 11.8 Å². The molecule has 0 aliphatic carbocycles. The van der Waals surface area contributed by atoms with Gasteiger partial charge in [0.05, 0.1) is 22.9 Å². The van der Waals surface area contributed by atoms with Crippen molar-refractivity contribution in [3.63, 3.8) is 0 Å². The SMILES string of the molecule is CCOC(=O)c1ccc(NC(=O)CSc2nnc(COc3ccc(F)c(Cl)c3)n2CC)cc1. The molecule has 1 amide bonds. The number of carbonyl (C=O) groups is 2. The Morgan fingerprint density at radius 2 is 1.91 bits per heavy atom. The first-order valence-corrected chi connectivity index (χ1v) is 11.5. The lowest BCUT2D eigenvalue weighted by molar-refractivity contribution is -0.113. The van der Waals surface area contributed by atoms with Crippen LogP contribution in [0.1, 0.15) is 30.0 Å². The number of anilines is 1. The summed E-state index contributed by atoms with van der Waals surface area (Å²) in [7, 11) is 0. The van der Waals surface area contributed by atoms with Crippen LogP contribution in [0.5, 0.6) is 5.75 Å². The van der Waals surface area contributed by atoms with Crippen LogP contribution in [0.25, 0.3) is 0 Å². The van der Waals surface area contributed by atoms with Crippen LogP contribution >= 0.6 is 23.4 Å². The van der Waals surface area contributed by atoms with Crippen LogP contribution in [-0.4, -0.2) is 39.0 Å². The third-order valence-corrected chi connectivity index (χ3v) is 5.64. The van der Waals surface area contributed by atoms with Gasteiger partial charge in [-0.2, -0.15) is 0 Å². The van der Waals surface area contributed by atoms with Gasteiger partial charge in [-0.05, 0) is 50.2 Å². The van der Waals surface area contributed by atoms with Crippen molar-refractivity contribution in [3.8, 4) is 5.75 Å². The molecular weight excluding hydrogens is 471 g/mol. The molecule has 0 fully saturated rings. The molecule has 174 valence electrons. The van der Waals surface area contributed by atoms with Gasteiger partial charge in [0.1, 0.15) is 18.2 Å². The summed E-state index contributed by atoms with van der Waals surface area (Å²) in [6.45, 7) is 4.65. The summed E-state index contributed by atoms with van der Waals surface area (Å²) >= 11 is 7.01. The molecule has 33 heavy (non-hydrogen) atoms. The first kappa shape index (κ1) is 24.5. The van der Waals surface area contributed by atoms with E-state index in [-0.39, 0.29) is 23.3 Å². The predicted molar refractivity (Wildman–Crippen MR) is 123 cm³/mol. The van der Waals surface area contributed by atoms with Crippen LogP contribution in [0.15, 0.2) is 47.6 Å². The minimum atomic E-state index is -0.521. The van der Waals surface area contributed by atoms with Crippen LogP contribution < -0.4 is 10.1 Å². The smallest absolute Gasteiger partial charge is 0.338 e. The Kier molecular flexibility index (Phi) is 8.67. The Hall–Kier alpha value is -3.11. The highest BCUT2D eigenvalue weighted by Crippen LogP contribution is 2.23. The second-order valence-corrected chi connectivity index (χ2v) is 7.99. The number of amides is 1. The van der Waals surface area contributed by atoms with Crippen LogP contribution in [0, 0.1) is 5.82 Å². The highest BCUT2D eigenvalue weighted by atomic mass is 35.5. The van der Waals surface area contributed by atoms with E-state index in [0.29, 0.717) is 41.1 Å². The Labute approximate surface area is 199 Å². The van der Waals surface area contributed by atoms with Gasteiger partial charge in [-0.15, -0.1) is 10.2 Å². The molecule has 0 saturated carbocycles. The number of thioether (sulfide) groups is 1. The van der Waals surface area contributed by atoms with Gasteiger partial charge in [0.15, 0.2) is 11.0 Å². The first-order valence-electron chi connectivity index (χ1n) is 10.1. The average molecular weight is 493 g/mol. The molecule has 0 bridgehead atoms. The second kappa shape index (κ2) is 11.7. The number of halogens is 2. The van der Waals surface area contributed by atoms with E-state index >= 15 is 0 Å². The maximum Gasteiger partial charge on any atom is 0.338 e. The Balaban J connectivity index is 1.54. The summed E-state index contributed by atoms with van der Waals surface area (Å²) in [4.78, 5) is 24.0. The van der Waals surface area contributed by atoms with E-state index in [1.54, 1.807) is 31.2 Å². The fourth-order valence-corrected chi connectivity index (χ4v) is 3.79. The molecule has 0 atom stereocenters. The number of esters is 1. The van der Waals surface area contributed by atoms with Gasteiger partial charge in [0, 0.05) is 18.3 Å². The van der Waals surface area contributed by atoms with Gasteiger partial charge >= 0.3 is 5.97 Å². The Morgan fingerprint density at radius 3 is 2.58 bits per heavy atom. The maximum atomic E-state index is 13.3. The first-order chi connectivity index (χ1) is 15.9. The lowest BCUT2D eigenvalue weighted by Crippen LogP contribution is -2.15. The molecule has 0 aliphatic rings. The van der Waals surface area contributed by atoms with E-state index in [4.69, 9.17) is 21.1 Å². The number of ether oxygens (including phenoxy) is 2. The summed E-state index contributed by atoms with van der Waals surface area (Å²) in [5, 5.41) is 11.6. The normalized spacial score (nSPS) is 10.7. The topological polar surface area (TPSA) is 95.3 Å². The summed E-state index contributed by atoms with van der Waals surface area (Å²) in [6, 6.07) is 10.6. The average Bonchev–Trinajstić information content (AvgIpc) is 3.21. The van der Waals surface area contributed by atoms with Crippen LogP contribution in [0.3, 0.4) is 0 Å². The van der Waals surface area contributed by atoms with E-state index in [1.807, 2.05) is 11.5 Å². The van der Waals surface area contributed by atoms with E-state index in [9.17, 15) is 14.0 Å². The van der Waals surface area contributed by atoms with Crippen molar-refractivity contribution >= 4 is 40.9 Å². The molecule has 8 nitrogen and oxygen atoms in total. The molecule has 0 radical (unpaired) electrons. The summed E-state index contributed by atoms with van der Waals surface area (Å²) in [6.07, 6.45) is 0. The Morgan fingerprint density at radius 1 is 1.15 bits per heavy atom. The van der Waals surface area contributed by atoms with Crippen LogP contribution in [0.2, 0.25) is 5.02 Å². The van der Waals surface area contributed by atoms with E-state index in [2.05, 4.69) is 15.5 Å². The molecule has 0 saturated heterocycles. The predicted octanol–water partition coefficient (Wildman–Crippen LogP) is 4.58. The molecule has 2 aromatic carbocycles. The third-order valence-electron chi connectivity index (χ3n) is 4.38.